The fraction of sp³-hybridized carbons (Fsp3) is 0.517. The largest absolute Gasteiger partial charge is 0.446 e. The van der Waals surface area contributed by atoms with Gasteiger partial charge in [0.05, 0.1) is 23.4 Å². The van der Waals surface area contributed by atoms with Gasteiger partial charge in [-0.3, -0.25) is 4.68 Å². The van der Waals surface area contributed by atoms with E-state index in [1.54, 1.807) is 33.9 Å². The van der Waals surface area contributed by atoms with Crippen molar-refractivity contribution in [1.29, 1.82) is 0 Å². The third-order valence-corrected chi connectivity index (χ3v) is 8.04. The van der Waals surface area contributed by atoms with Crippen LogP contribution in [0.1, 0.15) is 62.1 Å². The van der Waals surface area contributed by atoms with Gasteiger partial charge >= 0.3 is 18.4 Å². The minimum absolute atomic E-state index is 0.108. The van der Waals surface area contributed by atoms with Gasteiger partial charge in [0, 0.05) is 55.9 Å². The van der Waals surface area contributed by atoms with E-state index < -0.39 is 35.6 Å². The van der Waals surface area contributed by atoms with Gasteiger partial charge in [-0.1, -0.05) is 6.92 Å². The number of amides is 1. The molecule has 0 spiro atoms. The Bertz CT molecular complexity index is 1390. The minimum Gasteiger partial charge on any atom is -0.446 e. The summed E-state index contributed by atoms with van der Waals surface area (Å²) in [5.41, 5.74) is -1.63. The van der Waals surface area contributed by atoms with E-state index >= 15 is 0 Å². The number of rotatable bonds is 7. The first-order chi connectivity index (χ1) is 20.3. The molecular formula is C29H32F6N6O2. The number of aryl methyl sites for hydroxylation is 1. The molecule has 43 heavy (non-hydrogen) atoms. The fourth-order valence-corrected chi connectivity index (χ4v) is 5.80. The lowest BCUT2D eigenvalue weighted by Gasteiger charge is -2.30. The first kappa shape index (κ1) is 30.6. The highest BCUT2D eigenvalue weighted by Gasteiger charge is 2.41. The van der Waals surface area contributed by atoms with E-state index in [1.165, 1.54) is 12.4 Å². The smallest absolute Gasteiger partial charge is 0.416 e. The topological polar surface area (TPSA) is 76.4 Å². The second kappa shape index (κ2) is 12.0. The summed E-state index contributed by atoms with van der Waals surface area (Å²) in [6.45, 7) is 1.73. The van der Waals surface area contributed by atoms with Crippen LogP contribution >= 0.6 is 0 Å². The average Bonchev–Trinajstić information content (AvgIpc) is 3.72. The lowest BCUT2D eigenvalue weighted by atomic mass is 10.0. The van der Waals surface area contributed by atoms with Gasteiger partial charge in [0.15, 0.2) is 0 Å². The molecule has 2 fully saturated rings. The number of likely N-dealkylation sites (tertiary alicyclic amines) is 1. The van der Waals surface area contributed by atoms with Crippen molar-refractivity contribution in [1.82, 2.24) is 24.6 Å². The van der Waals surface area contributed by atoms with Crippen molar-refractivity contribution in [2.45, 2.75) is 82.5 Å². The zero-order chi connectivity index (χ0) is 30.9. The molecule has 0 radical (unpaired) electrons. The van der Waals surface area contributed by atoms with Crippen LogP contribution in [0.5, 0.6) is 0 Å². The van der Waals surface area contributed by atoms with E-state index in [2.05, 4.69) is 15.1 Å². The van der Waals surface area contributed by atoms with E-state index in [-0.39, 0.29) is 42.8 Å². The summed E-state index contributed by atoms with van der Waals surface area (Å²) in [4.78, 5) is 25.2. The summed E-state index contributed by atoms with van der Waals surface area (Å²) in [5.74, 6) is 0.115. The van der Waals surface area contributed by atoms with Crippen LogP contribution in [0.15, 0.2) is 43.0 Å². The molecule has 1 amide bonds. The van der Waals surface area contributed by atoms with Crippen molar-refractivity contribution >= 4 is 12.0 Å². The van der Waals surface area contributed by atoms with Crippen LogP contribution in [-0.4, -0.2) is 55.5 Å². The molecule has 2 aliphatic rings. The summed E-state index contributed by atoms with van der Waals surface area (Å²) in [7, 11) is 1.75. The number of nitrogens with zero attached hydrogens (tertiary/aromatic N) is 6. The van der Waals surface area contributed by atoms with Crippen molar-refractivity contribution in [3.63, 3.8) is 0 Å². The molecule has 8 nitrogen and oxygen atoms in total. The summed E-state index contributed by atoms with van der Waals surface area (Å²) in [6, 6.07) is 0.809. The molecule has 1 saturated carbocycles. The zero-order valence-corrected chi connectivity index (χ0v) is 23.7. The SMILES string of the molecule is CC[C@@H]1C[C@H](N(Cc2cc(C(F)(F)F)cc(C(F)(F)F)c2)c2ncc(-c3cnn(C)c3)cn2)CN1C(=O)OC1CCCC1. The molecule has 14 heteroatoms. The van der Waals surface area contributed by atoms with Crippen LogP contribution in [0.25, 0.3) is 11.1 Å². The molecule has 2 atom stereocenters. The standard InChI is InChI=1S/C29H32F6N6O2/c1-3-23-11-24(17-41(23)27(42)43-25-6-4-5-7-25)40(26-36-12-19(13-37-26)20-14-38-39(2)16-20)15-18-8-21(28(30,31)32)10-22(9-18)29(33,34)35/h8-10,12-14,16,23-25H,3-7,11,15,17H2,1-2H3/t23-,24+/m1/s1. The minimum atomic E-state index is -4.98. The first-order valence-electron chi connectivity index (χ1n) is 14.1. The zero-order valence-electron chi connectivity index (χ0n) is 23.7. The maximum Gasteiger partial charge on any atom is 0.416 e. The van der Waals surface area contributed by atoms with Crippen molar-refractivity contribution in [3.05, 3.63) is 59.7 Å². The Hall–Kier alpha value is -3.84. The third kappa shape index (κ3) is 7.04. The molecule has 0 bridgehead atoms. The van der Waals surface area contributed by atoms with Crippen molar-refractivity contribution in [2.75, 3.05) is 11.4 Å². The van der Waals surface area contributed by atoms with Gasteiger partial charge in [-0.15, -0.1) is 0 Å². The maximum absolute atomic E-state index is 13.6. The van der Waals surface area contributed by atoms with E-state index in [0.717, 1.165) is 31.2 Å². The highest BCUT2D eigenvalue weighted by Crippen LogP contribution is 2.38. The maximum atomic E-state index is 13.6. The van der Waals surface area contributed by atoms with E-state index in [4.69, 9.17) is 4.74 Å². The Morgan fingerprint density at radius 3 is 2.14 bits per heavy atom. The Morgan fingerprint density at radius 1 is 0.977 bits per heavy atom. The molecule has 1 saturated heterocycles. The molecule has 1 aromatic carbocycles. The normalized spacial score (nSPS) is 19.7. The summed E-state index contributed by atoms with van der Waals surface area (Å²) in [6.07, 6.45) is 0.389. The van der Waals surface area contributed by atoms with Gasteiger partial charge in [-0.2, -0.15) is 31.4 Å². The molecule has 5 rings (SSSR count). The molecule has 0 unspecified atom stereocenters. The number of ether oxygens (including phenoxy) is 1. The number of carbonyl (C=O) groups is 1. The first-order valence-corrected chi connectivity index (χ1v) is 14.1. The summed E-state index contributed by atoms with van der Waals surface area (Å²) >= 11 is 0. The Balaban J connectivity index is 1.49. The average molecular weight is 611 g/mol. The Labute approximate surface area is 244 Å². The predicted octanol–water partition coefficient (Wildman–Crippen LogP) is 6.85. The van der Waals surface area contributed by atoms with Crippen LogP contribution in [-0.2, 0) is 30.7 Å². The highest BCUT2D eigenvalue weighted by molar-refractivity contribution is 5.69. The number of halogens is 6. The van der Waals surface area contributed by atoms with Crippen LogP contribution < -0.4 is 4.90 Å². The van der Waals surface area contributed by atoms with E-state index in [0.29, 0.717) is 30.5 Å². The van der Waals surface area contributed by atoms with Gasteiger partial charge in [0.1, 0.15) is 6.10 Å². The van der Waals surface area contributed by atoms with Gasteiger partial charge in [0.2, 0.25) is 5.95 Å². The van der Waals surface area contributed by atoms with Crippen molar-refractivity contribution in [3.8, 4) is 11.1 Å². The number of alkyl halides is 6. The van der Waals surface area contributed by atoms with Crippen LogP contribution in [0.2, 0.25) is 0 Å². The Morgan fingerprint density at radius 2 is 1.60 bits per heavy atom. The molecule has 0 N–H and O–H groups in total. The number of anilines is 1. The van der Waals surface area contributed by atoms with Crippen molar-refractivity contribution in [2.24, 2.45) is 7.05 Å². The molecule has 232 valence electrons. The predicted molar refractivity (Wildman–Crippen MR) is 145 cm³/mol. The van der Waals surface area contributed by atoms with Crippen LogP contribution in [0.3, 0.4) is 0 Å². The summed E-state index contributed by atoms with van der Waals surface area (Å²) < 4.78 is 89.2. The number of carbonyl (C=O) groups excluding carboxylic acids is 1. The quantitative estimate of drug-likeness (QED) is 0.273. The lowest BCUT2D eigenvalue weighted by Crippen LogP contribution is -2.41. The lowest BCUT2D eigenvalue weighted by molar-refractivity contribution is -0.143. The molecule has 1 aliphatic heterocycles. The number of hydrogen-bond donors (Lipinski definition) is 0. The number of benzene rings is 1. The van der Waals surface area contributed by atoms with Gasteiger partial charge in [-0.05, 0) is 62.3 Å². The molecule has 3 aromatic rings. The highest BCUT2D eigenvalue weighted by atomic mass is 19.4. The van der Waals surface area contributed by atoms with Crippen LogP contribution in [0, 0.1) is 0 Å². The van der Waals surface area contributed by atoms with Gasteiger partial charge in [-0.25, -0.2) is 14.8 Å². The van der Waals surface area contributed by atoms with Gasteiger partial charge < -0.3 is 14.5 Å². The van der Waals surface area contributed by atoms with E-state index in [1.807, 2.05) is 6.92 Å². The van der Waals surface area contributed by atoms with Gasteiger partial charge in [0.25, 0.3) is 0 Å². The summed E-state index contributed by atoms with van der Waals surface area (Å²) in [5, 5.41) is 4.12. The fourth-order valence-electron chi connectivity index (χ4n) is 5.80. The number of hydrogen-bond acceptors (Lipinski definition) is 6. The second-order valence-electron chi connectivity index (χ2n) is 11.1. The van der Waals surface area contributed by atoms with Crippen molar-refractivity contribution < 1.29 is 35.9 Å². The molecule has 1 aliphatic carbocycles. The van der Waals surface area contributed by atoms with E-state index in [9.17, 15) is 31.1 Å². The number of aromatic nitrogens is 4. The Kier molecular flexibility index (Phi) is 8.57. The third-order valence-electron chi connectivity index (χ3n) is 8.04. The second-order valence-corrected chi connectivity index (χ2v) is 11.1. The monoisotopic (exact) mass is 610 g/mol. The molecule has 2 aromatic heterocycles. The molecular weight excluding hydrogens is 578 g/mol. The van der Waals surface area contributed by atoms with Crippen LogP contribution in [0.4, 0.5) is 37.1 Å². The molecule has 3 heterocycles.